The molecule has 1 aromatic rings. The van der Waals surface area contributed by atoms with E-state index in [0.29, 0.717) is 22.8 Å². The molecular formula is C16H23NO6. The summed E-state index contributed by atoms with van der Waals surface area (Å²) in [4.78, 5) is 23.0. The summed E-state index contributed by atoms with van der Waals surface area (Å²) < 4.78 is 15.8. The minimum atomic E-state index is -1.12. The van der Waals surface area contributed by atoms with E-state index in [-0.39, 0.29) is 18.9 Å². The van der Waals surface area contributed by atoms with Crippen molar-refractivity contribution >= 4 is 11.9 Å². The summed E-state index contributed by atoms with van der Waals surface area (Å²) in [6.45, 7) is 3.20. The van der Waals surface area contributed by atoms with Gasteiger partial charge in [-0.1, -0.05) is 0 Å². The Morgan fingerprint density at radius 3 is 2.17 bits per heavy atom. The van der Waals surface area contributed by atoms with Gasteiger partial charge in [0.25, 0.3) is 0 Å². The molecule has 0 heterocycles. The summed E-state index contributed by atoms with van der Waals surface area (Å²) in [6.07, 6.45) is -0.113. The SMILES string of the molecule is COc1ccc(CNC(=O)CC(C)(C)C(=O)O)c(OC)c1OC. The maximum atomic E-state index is 11.9. The van der Waals surface area contributed by atoms with E-state index in [2.05, 4.69) is 5.32 Å². The Labute approximate surface area is 135 Å². The Hall–Kier alpha value is -2.44. The van der Waals surface area contributed by atoms with Gasteiger partial charge in [0.05, 0.1) is 26.7 Å². The fourth-order valence-corrected chi connectivity index (χ4v) is 2.04. The van der Waals surface area contributed by atoms with Crippen molar-refractivity contribution in [3.63, 3.8) is 0 Å². The maximum absolute atomic E-state index is 11.9. The summed E-state index contributed by atoms with van der Waals surface area (Å²) in [7, 11) is 4.51. The summed E-state index contributed by atoms with van der Waals surface area (Å²) in [5.74, 6) is 0.0503. The van der Waals surface area contributed by atoms with Crippen LogP contribution < -0.4 is 19.5 Å². The molecule has 2 N–H and O–H groups in total. The molecule has 7 heteroatoms. The van der Waals surface area contributed by atoms with Gasteiger partial charge < -0.3 is 24.6 Å². The van der Waals surface area contributed by atoms with Crippen LogP contribution in [0.1, 0.15) is 25.8 Å². The van der Waals surface area contributed by atoms with Crippen molar-refractivity contribution in [1.82, 2.24) is 5.32 Å². The number of carboxylic acid groups (broad SMARTS) is 1. The zero-order valence-electron chi connectivity index (χ0n) is 14.1. The lowest BCUT2D eigenvalue weighted by molar-refractivity contribution is -0.149. The van der Waals surface area contributed by atoms with E-state index >= 15 is 0 Å². The average Bonchev–Trinajstić information content (AvgIpc) is 2.50. The molecule has 128 valence electrons. The van der Waals surface area contributed by atoms with E-state index in [1.54, 1.807) is 12.1 Å². The highest BCUT2D eigenvalue weighted by Gasteiger charge is 2.30. The quantitative estimate of drug-likeness (QED) is 0.757. The largest absolute Gasteiger partial charge is 0.493 e. The highest BCUT2D eigenvalue weighted by molar-refractivity contribution is 5.84. The molecule has 0 aromatic heterocycles. The van der Waals surface area contributed by atoms with Crippen molar-refractivity contribution in [3.8, 4) is 17.2 Å². The van der Waals surface area contributed by atoms with Crippen LogP contribution in [0.15, 0.2) is 12.1 Å². The third kappa shape index (κ3) is 4.51. The lowest BCUT2D eigenvalue weighted by Crippen LogP contribution is -2.33. The highest BCUT2D eigenvalue weighted by atomic mass is 16.5. The van der Waals surface area contributed by atoms with Gasteiger partial charge in [0.1, 0.15) is 0 Å². The van der Waals surface area contributed by atoms with Crippen LogP contribution in [0.2, 0.25) is 0 Å². The van der Waals surface area contributed by atoms with Crippen LogP contribution in [0.25, 0.3) is 0 Å². The van der Waals surface area contributed by atoms with Crippen LogP contribution >= 0.6 is 0 Å². The summed E-state index contributed by atoms with van der Waals surface area (Å²) in [5, 5.41) is 11.7. The molecule has 0 spiro atoms. The van der Waals surface area contributed by atoms with Gasteiger partial charge in [0.15, 0.2) is 11.5 Å². The fourth-order valence-electron chi connectivity index (χ4n) is 2.04. The Morgan fingerprint density at radius 1 is 1.09 bits per heavy atom. The molecule has 0 saturated heterocycles. The normalized spacial score (nSPS) is 10.8. The third-order valence-electron chi connectivity index (χ3n) is 3.44. The van der Waals surface area contributed by atoms with Crippen LogP contribution in [0.3, 0.4) is 0 Å². The molecule has 23 heavy (non-hydrogen) atoms. The first-order valence-electron chi connectivity index (χ1n) is 7.04. The molecule has 1 amide bonds. The predicted octanol–water partition coefficient (Wildman–Crippen LogP) is 1.83. The maximum Gasteiger partial charge on any atom is 0.309 e. The van der Waals surface area contributed by atoms with Crippen LogP contribution in [0.5, 0.6) is 17.2 Å². The van der Waals surface area contributed by atoms with Gasteiger partial charge in [-0.2, -0.15) is 0 Å². The van der Waals surface area contributed by atoms with Crippen molar-refractivity contribution in [2.75, 3.05) is 21.3 Å². The van der Waals surface area contributed by atoms with E-state index < -0.39 is 11.4 Å². The second-order valence-corrected chi connectivity index (χ2v) is 5.64. The summed E-state index contributed by atoms with van der Waals surface area (Å²) in [5.41, 5.74) is -0.419. The Bertz CT molecular complexity index is 582. The molecule has 0 atom stereocenters. The van der Waals surface area contributed by atoms with E-state index in [0.717, 1.165) is 0 Å². The molecule has 0 fully saturated rings. The van der Waals surface area contributed by atoms with E-state index in [1.807, 2.05) is 0 Å². The van der Waals surface area contributed by atoms with Gasteiger partial charge in [0, 0.05) is 18.5 Å². The van der Waals surface area contributed by atoms with Gasteiger partial charge >= 0.3 is 5.97 Å². The summed E-state index contributed by atoms with van der Waals surface area (Å²) in [6, 6.07) is 3.47. The zero-order valence-corrected chi connectivity index (χ0v) is 14.1. The molecule has 0 aliphatic carbocycles. The molecule has 0 radical (unpaired) electrons. The number of carbonyl (C=O) groups is 2. The first-order valence-corrected chi connectivity index (χ1v) is 7.04. The van der Waals surface area contributed by atoms with Crippen molar-refractivity contribution in [3.05, 3.63) is 17.7 Å². The lowest BCUT2D eigenvalue weighted by Gasteiger charge is -2.19. The Balaban J connectivity index is 2.86. The topological polar surface area (TPSA) is 94.1 Å². The van der Waals surface area contributed by atoms with Crippen LogP contribution in [-0.4, -0.2) is 38.3 Å². The Morgan fingerprint density at radius 2 is 1.70 bits per heavy atom. The van der Waals surface area contributed by atoms with Crippen LogP contribution in [-0.2, 0) is 16.1 Å². The molecule has 1 aromatic carbocycles. The summed E-state index contributed by atoms with van der Waals surface area (Å²) >= 11 is 0. The highest BCUT2D eigenvalue weighted by Crippen LogP contribution is 2.39. The van der Waals surface area contributed by atoms with E-state index in [1.165, 1.54) is 35.2 Å². The number of aliphatic carboxylic acids is 1. The Kier molecular flexibility index (Phi) is 6.24. The number of carbonyl (C=O) groups excluding carboxylic acids is 1. The number of ether oxygens (including phenoxy) is 3. The van der Waals surface area contributed by atoms with Gasteiger partial charge in [0.2, 0.25) is 11.7 Å². The number of carboxylic acids is 1. The van der Waals surface area contributed by atoms with Crippen molar-refractivity contribution in [2.24, 2.45) is 5.41 Å². The van der Waals surface area contributed by atoms with Gasteiger partial charge in [-0.3, -0.25) is 9.59 Å². The molecule has 0 unspecified atom stereocenters. The molecule has 0 aliphatic rings. The van der Waals surface area contributed by atoms with Gasteiger partial charge in [-0.25, -0.2) is 0 Å². The predicted molar refractivity (Wildman–Crippen MR) is 84.0 cm³/mol. The number of hydrogen-bond acceptors (Lipinski definition) is 5. The smallest absolute Gasteiger partial charge is 0.309 e. The number of benzene rings is 1. The second-order valence-electron chi connectivity index (χ2n) is 5.64. The molecule has 1 rings (SSSR count). The first-order chi connectivity index (χ1) is 10.8. The van der Waals surface area contributed by atoms with Crippen LogP contribution in [0, 0.1) is 5.41 Å². The van der Waals surface area contributed by atoms with Crippen LogP contribution in [0.4, 0.5) is 0 Å². The minimum Gasteiger partial charge on any atom is -0.493 e. The van der Waals surface area contributed by atoms with Gasteiger partial charge in [-0.15, -0.1) is 0 Å². The molecule has 0 aliphatic heterocycles. The van der Waals surface area contributed by atoms with Crippen molar-refractivity contribution in [1.29, 1.82) is 0 Å². The molecule has 7 nitrogen and oxygen atoms in total. The van der Waals surface area contributed by atoms with Crippen molar-refractivity contribution in [2.45, 2.75) is 26.8 Å². The molecule has 0 saturated carbocycles. The number of amides is 1. The van der Waals surface area contributed by atoms with Gasteiger partial charge in [-0.05, 0) is 26.0 Å². The zero-order chi connectivity index (χ0) is 17.6. The monoisotopic (exact) mass is 325 g/mol. The number of nitrogens with one attached hydrogen (secondary N) is 1. The first kappa shape index (κ1) is 18.6. The van der Waals surface area contributed by atoms with E-state index in [9.17, 15) is 9.59 Å². The number of methoxy groups -OCH3 is 3. The third-order valence-corrected chi connectivity index (χ3v) is 3.44. The minimum absolute atomic E-state index is 0.113. The molecule has 0 bridgehead atoms. The lowest BCUT2D eigenvalue weighted by atomic mass is 9.89. The fraction of sp³-hybridized carbons (Fsp3) is 0.500. The van der Waals surface area contributed by atoms with Crippen molar-refractivity contribution < 1.29 is 28.9 Å². The molecular weight excluding hydrogens is 302 g/mol. The average molecular weight is 325 g/mol. The number of rotatable bonds is 8. The standard InChI is InChI=1S/C16H23NO6/c1-16(2,15(19)20)8-12(18)17-9-10-6-7-11(21-3)14(23-5)13(10)22-4/h6-7H,8-9H2,1-5H3,(H,17,18)(H,19,20). The van der Waals surface area contributed by atoms with E-state index in [4.69, 9.17) is 19.3 Å². The number of hydrogen-bond donors (Lipinski definition) is 2. The second kappa shape index (κ2) is 7.71.